The van der Waals surface area contributed by atoms with E-state index in [9.17, 15) is 8.42 Å². The summed E-state index contributed by atoms with van der Waals surface area (Å²) in [5.74, 6) is 0. The quantitative estimate of drug-likeness (QED) is 0.804. The lowest BCUT2D eigenvalue weighted by atomic mass is 10.1. The van der Waals surface area contributed by atoms with Crippen LogP contribution >= 0.6 is 0 Å². The van der Waals surface area contributed by atoms with E-state index in [1.165, 1.54) is 4.31 Å². The molecule has 2 N–H and O–H groups in total. The Morgan fingerprint density at radius 3 is 2.65 bits per heavy atom. The van der Waals surface area contributed by atoms with E-state index in [-0.39, 0.29) is 12.1 Å². The third-order valence-corrected chi connectivity index (χ3v) is 6.28. The standard InChI is InChI=1S/C13H27N3O3S/c1-15(11-13-7-3-5-9-19-13)20(17,18)16-8-4-2-6-12(16)10-14/h12-13H,2-11,14H2,1H3. The van der Waals surface area contributed by atoms with Gasteiger partial charge in [0.15, 0.2) is 0 Å². The highest BCUT2D eigenvalue weighted by Gasteiger charge is 2.35. The number of nitrogens with two attached hydrogens (primary N) is 1. The Balaban J connectivity index is 1.99. The van der Waals surface area contributed by atoms with Crippen LogP contribution in [0.25, 0.3) is 0 Å². The molecule has 2 saturated heterocycles. The highest BCUT2D eigenvalue weighted by atomic mass is 32.2. The van der Waals surface area contributed by atoms with Crippen molar-refractivity contribution in [2.24, 2.45) is 5.73 Å². The normalized spacial score (nSPS) is 29.8. The van der Waals surface area contributed by atoms with Crippen LogP contribution in [0.5, 0.6) is 0 Å². The van der Waals surface area contributed by atoms with Gasteiger partial charge in [0.2, 0.25) is 0 Å². The molecule has 0 bridgehead atoms. The molecule has 0 spiro atoms. The fraction of sp³-hybridized carbons (Fsp3) is 1.00. The Morgan fingerprint density at radius 2 is 2.00 bits per heavy atom. The molecular weight excluding hydrogens is 278 g/mol. The second-order valence-corrected chi connectivity index (χ2v) is 7.76. The van der Waals surface area contributed by atoms with Crippen molar-refractivity contribution < 1.29 is 13.2 Å². The first-order chi connectivity index (χ1) is 9.55. The smallest absolute Gasteiger partial charge is 0.282 e. The van der Waals surface area contributed by atoms with Gasteiger partial charge in [0.1, 0.15) is 0 Å². The molecule has 0 aromatic heterocycles. The van der Waals surface area contributed by atoms with Gasteiger partial charge < -0.3 is 10.5 Å². The summed E-state index contributed by atoms with van der Waals surface area (Å²) in [5.41, 5.74) is 5.73. The number of rotatable bonds is 5. The SMILES string of the molecule is CN(CC1CCCCO1)S(=O)(=O)N1CCCCC1CN. The maximum atomic E-state index is 12.7. The van der Waals surface area contributed by atoms with E-state index in [1.54, 1.807) is 11.4 Å². The van der Waals surface area contributed by atoms with Gasteiger partial charge in [0.05, 0.1) is 6.10 Å². The van der Waals surface area contributed by atoms with Crippen LogP contribution in [-0.4, -0.2) is 62.5 Å². The molecule has 118 valence electrons. The van der Waals surface area contributed by atoms with E-state index in [0.29, 0.717) is 19.6 Å². The van der Waals surface area contributed by atoms with Gasteiger partial charge in [-0.25, -0.2) is 0 Å². The third-order valence-electron chi connectivity index (χ3n) is 4.27. The number of likely N-dealkylation sites (N-methyl/N-ethyl adjacent to an activating group) is 1. The highest BCUT2D eigenvalue weighted by Crippen LogP contribution is 2.22. The summed E-state index contributed by atoms with van der Waals surface area (Å²) in [6.07, 6.45) is 6.02. The number of ether oxygens (including phenoxy) is 1. The van der Waals surface area contributed by atoms with Crippen molar-refractivity contribution in [3.63, 3.8) is 0 Å². The predicted molar refractivity (Wildman–Crippen MR) is 78.5 cm³/mol. The van der Waals surface area contributed by atoms with Crippen molar-refractivity contribution >= 4 is 10.2 Å². The summed E-state index contributed by atoms with van der Waals surface area (Å²) >= 11 is 0. The third kappa shape index (κ3) is 3.71. The van der Waals surface area contributed by atoms with Gasteiger partial charge in [-0.3, -0.25) is 0 Å². The summed E-state index contributed by atoms with van der Waals surface area (Å²) < 4.78 is 34.0. The largest absolute Gasteiger partial charge is 0.377 e. The van der Waals surface area contributed by atoms with E-state index in [1.807, 2.05) is 0 Å². The lowest BCUT2D eigenvalue weighted by Gasteiger charge is -2.37. The van der Waals surface area contributed by atoms with Crippen molar-refractivity contribution in [3.05, 3.63) is 0 Å². The van der Waals surface area contributed by atoms with Gasteiger partial charge in [-0.15, -0.1) is 0 Å². The lowest BCUT2D eigenvalue weighted by Crippen LogP contribution is -2.53. The lowest BCUT2D eigenvalue weighted by molar-refractivity contribution is 0.00767. The maximum absolute atomic E-state index is 12.7. The Kier molecular flexibility index (Phi) is 5.80. The van der Waals surface area contributed by atoms with Crippen LogP contribution in [0.4, 0.5) is 0 Å². The predicted octanol–water partition coefficient (Wildman–Crippen LogP) is 0.545. The average Bonchev–Trinajstić information content (AvgIpc) is 2.48. The van der Waals surface area contributed by atoms with Crippen molar-refractivity contribution in [1.82, 2.24) is 8.61 Å². The fourth-order valence-corrected chi connectivity index (χ4v) is 4.67. The first-order valence-corrected chi connectivity index (χ1v) is 9.00. The van der Waals surface area contributed by atoms with Gasteiger partial charge in [-0.05, 0) is 32.1 Å². The van der Waals surface area contributed by atoms with Crippen LogP contribution in [0.15, 0.2) is 0 Å². The van der Waals surface area contributed by atoms with Crippen molar-refractivity contribution in [2.75, 3.05) is 33.3 Å². The van der Waals surface area contributed by atoms with Gasteiger partial charge in [-0.1, -0.05) is 6.42 Å². The number of nitrogens with zero attached hydrogens (tertiary/aromatic N) is 2. The van der Waals surface area contributed by atoms with Crippen molar-refractivity contribution in [3.8, 4) is 0 Å². The number of piperidine rings is 1. The van der Waals surface area contributed by atoms with E-state index < -0.39 is 10.2 Å². The molecule has 2 aliphatic rings. The minimum atomic E-state index is -3.42. The Morgan fingerprint density at radius 1 is 1.25 bits per heavy atom. The van der Waals surface area contributed by atoms with Crippen molar-refractivity contribution in [2.45, 2.75) is 50.7 Å². The molecule has 2 aliphatic heterocycles. The van der Waals surface area contributed by atoms with Crippen LogP contribution in [0.1, 0.15) is 38.5 Å². The van der Waals surface area contributed by atoms with Crippen LogP contribution in [0.2, 0.25) is 0 Å². The molecule has 0 saturated carbocycles. The Labute approximate surface area is 122 Å². The average molecular weight is 305 g/mol. The first kappa shape index (κ1) is 16.2. The van der Waals surface area contributed by atoms with Gasteiger partial charge >= 0.3 is 0 Å². The van der Waals surface area contributed by atoms with Crippen LogP contribution in [0, 0.1) is 0 Å². The molecule has 2 unspecified atom stereocenters. The van der Waals surface area contributed by atoms with Crippen LogP contribution < -0.4 is 5.73 Å². The topological polar surface area (TPSA) is 75.9 Å². The van der Waals surface area contributed by atoms with E-state index >= 15 is 0 Å². The molecule has 2 rings (SSSR count). The zero-order valence-corrected chi connectivity index (χ0v) is 13.1. The summed E-state index contributed by atoms with van der Waals surface area (Å²) in [7, 11) is -1.77. The maximum Gasteiger partial charge on any atom is 0.282 e. The van der Waals surface area contributed by atoms with E-state index in [4.69, 9.17) is 10.5 Å². The number of hydrogen-bond donors (Lipinski definition) is 1. The minimum Gasteiger partial charge on any atom is -0.377 e. The molecule has 7 heteroatoms. The number of hydrogen-bond acceptors (Lipinski definition) is 4. The summed E-state index contributed by atoms with van der Waals surface area (Å²) in [6.45, 7) is 2.16. The molecule has 0 aromatic rings. The first-order valence-electron chi connectivity index (χ1n) is 7.60. The van der Waals surface area contributed by atoms with E-state index in [0.717, 1.165) is 45.1 Å². The highest BCUT2D eigenvalue weighted by molar-refractivity contribution is 7.86. The van der Waals surface area contributed by atoms with E-state index in [2.05, 4.69) is 0 Å². The Hall–Kier alpha value is -0.210. The summed E-state index contributed by atoms with van der Waals surface area (Å²) in [6, 6.07) is -0.0523. The van der Waals surface area contributed by atoms with Gasteiger partial charge in [-0.2, -0.15) is 17.0 Å². The molecule has 2 fully saturated rings. The molecule has 0 radical (unpaired) electrons. The molecule has 0 aliphatic carbocycles. The van der Waals surface area contributed by atoms with Gasteiger partial charge in [0.25, 0.3) is 10.2 Å². The molecule has 6 nitrogen and oxygen atoms in total. The minimum absolute atomic E-state index is 0.0321. The van der Waals surface area contributed by atoms with Crippen molar-refractivity contribution in [1.29, 1.82) is 0 Å². The Bertz CT molecular complexity index is 396. The van der Waals surface area contributed by atoms with Gasteiger partial charge in [0, 0.05) is 39.3 Å². The summed E-state index contributed by atoms with van der Waals surface area (Å²) in [5, 5.41) is 0. The zero-order valence-electron chi connectivity index (χ0n) is 12.3. The summed E-state index contributed by atoms with van der Waals surface area (Å²) in [4.78, 5) is 0. The van der Waals surface area contributed by atoms with Crippen LogP contribution in [-0.2, 0) is 14.9 Å². The molecule has 20 heavy (non-hydrogen) atoms. The molecule has 0 amide bonds. The second-order valence-electron chi connectivity index (χ2n) is 5.77. The molecule has 2 heterocycles. The second kappa shape index (κ2) is 7.17. The molecule has 0 aromatic carbocycles. The zero-order chi connectivity index (χ0) is 14.6. The molecular formula is C13H27N3O3S. The molecule has 2 atom stereocenters. The van der Waals surface area contributed by atoms with Crippen LogP contribution in [0.3, 0.4) is 0 Å². The monoisotopic (exact) mass is 305 g/mol. The fourth-order valence-electron chi connectivity index (χ4n) is 3.02.